The molecule has 0 amide bonds. The van der Waals surface area contributed by atoms with Crippen LogP contribution in [-0.4, -0.2) is 11.5 Å². The molecule has 2 aromatic rings. The van der Waals surface area contributed by atoms with E-state index in [2.05, 4.69) is 4.98 Å². The lowest BCUT2D eigenvalue weighted by Crippen LogP contribution is -2.09. The van der Waals surface area contributed by atoms with E-state index in [1.54, 1.807) is 30.4 Å². The zero-order valence-corrected chi connectivity index (χ0v) is 9.69. The summed E-state index contributed by atoms with van der Waals surface area (Å²) in [7, 11) is 0. The summed E-state index contributed by atoms with van der Waals surface area (Å²) in [5.74, 6) is 1.83. The summed E-state index contributed by atoms with van der Waals surface area (Å²) in [5.41, 5.74) is 6.99. The number of nitrogens with two attached hydrogens (primary N) is 1. The van der Waals surface area contributed by atoms with Crippen molar-refractivity contribution in [3.05, 3.63) is 54.2 Å². The fraction of sp³-hybridized carbons (Fsp3) is 0.250. The molecule has 2 heterocycles. The molecule has 2 rings (SSSR count). The second-order valence-electron chi connectivity index (χ2n) is 3.40. The van der Waals surface area contributed by atoms with Crippen molar-refractivity contribution >= 4 is 11.8 Å². The number of hydrogen-bond acceptors (Lipinski definition) is 4. The van der Waals surface area contributed by atoms with Crippen LogP contribution in [0, 0.1) is 0 Å². The summed E-state index contributed by atoms with van der Waals surface area (Å²) in [6.45, 7) is 0.620. The van der Waals surface area contributed by atoms with Gasteiger partial charge in [-0.15, -0.1) is 11.8 Å². The van der Waals surface area contributed by atoms with Crippen molar-refractivity contribution in [2.24, 2.45) is 5.73 Å². The first-order chi connectivity index (χ1) is 7.90. The molecule has 3 nitrogen and oxygen atoms in total. The van der Waals surface area contributed by atoms with Crippen LogP contribution < -0.4 is 5.73 Å². The van der Waals surface area contributed by atoms with E-state index >= 15 is 0 Å². The van der Waals surface area contributed by atoms with Gasteiger partial charge in [0.2, 0.25) is 0 Å². The average molecular weight is 234 g/mol. The molecule has 0 saturated carbocycles. The van der Waals surface area contributed by atoms with Crippen molar-refractivity contribution in [3.8, 4) is 0 Å². The number of pyridine rings is 1. The van der Waals surface area contributed by atoms with Gasteiger partial charge in [0.15, 0.2) is 0 Å². The van der Waals surface area contributed by atoms with Gasteiger partial charge < -0.3 is 10.2 Å². The van der Waals surface area contributed by atoms with E-state index in [1.807, 2.05) is 24.3 Å². The molecule has 4 heteroatoms. The number of rotatable bonds is 5. The van der Waals surface area contributed by atoms with E-state index in [1.165, 1.54) is 5.56 Å². The molecule has 0 bridgehead atoms. The van der Waals surface area contributed by atoms with Crippen LogP contribution in [0.2, 0.25) is 0 Å². The second-order valence-corrected chi connectivity index (χ2v) is 4.59. The Morgan fingerprint density at radius 2 is 2.12 bits per heavy atom. The Morgan fingerprint density at radius 1 is 1.31 bits per heavy atom. The highest BCUT2D eigenvalue weighted by molar-refractivity contribution is 7.98. The summed E-state index contributed by atoms with van der Waals surface area (Å²) in [6.07, 6.45) is 5.29. The number of furan rings is 1. The van der Waals surface area contributed by atoms with E-state index in [0.29, 0.717) is 11.8 Å². The smallest absolute Gasteiger partial charge is 0.113 e. The van der Waals surface area contributed by atoms with Gasteiger partial charge in [-0.2, -0.15) is 0 Å². The Labute approximate surface area is 99.1 Å². The average Bonchev–Trinajstić information content (AvgIpc) is 2.84. The standard InChI is InChI=1S/C12H14N2OS/c13-8-12(10-3-5-14-6-4-10)16-9-11-2-1-7-15-11/h1-7,12H,8-9,13H2. The fourth-order valence-corrected chi connectivity index (χ4v) is 2.47. The number of nitrogens with zero attached hydrogens (tertiary/aromatic N) is 1. The third kappa shape index (κ3) is 2.87. The Balaban J connectivity index is 1.96. The van der Waals surface area contributed by atoms with E-state index in [0.717, 1.165) is 11.5 Å². The molecule has 2 N–H and O–H groups in total. The molecule has 0 spiro atoms. The summed E-state index contributed by atoms with van der Waals surface area (Å²) in [4.78, 5) is 4.00. The molecular weight excluding hydrogens is 220 g/mol. The molecule has 2 aromatic heterocycles. The van der Waals surface area contributed by atoms with Crippen LogP contribution in [0.4, 0.5) is 0 Å². The molecule has 0 fully saturated rings. The number of aromatic nitrogens is 1. The van der Waals surface area contributed by atoms with Crippen molar-refractivity contribution in [1.29, 1.82) is 0 Å². The van der Waals surface area contributed by atoms with E-state index in [4.69, 9.17) is 10.2 Å². The molecule has 1 atom stereocenters. The highest BCUT2D eigenvalue weighted by Gasteiger charge is 2.10. The molecule has 0 aromatic carbocycles. The highest BCUT2D eigenvalue weighted by Crippen LogP contribution is 2.30. The van der Waals surface area contributed by atoms with Crippen molar-refractivity contribution in [3.63, 3.8) is 0 Å². The quantitative estimate of drug-likeness (QED) is 0.864. The molecule has 0 aliphatic heterocycles. The second kappa shape index (κ2) is 5.72. The molecule has 0 aliphatic carbocycles. The number of thioether (sulfide) groups is 1. The summed E-state index contributed by atoms with van der Waals surface area (Å²) < 4.78 is 5.29. The lowest BCUT2D eigenvalue weighted by molar-refractivity contribution is 0.530. The monoisotopic (exact) mass is 234 g/mol. The molecule has 16 heavy (non-hydrogen) atoms. The van der Waals surface area contributed by atoms with Crippen LogP contribution in [0.25, 0.3) is 0 Å². The highest BCUT2D eigenvalue weighted by atomic mass is 32.2. The normalized spacial score (nSPS) is 12.6. The van der Waals surface area contributed by atoms with Gasteiger partial charge in [0.25, 0.3) is 0 Å². The van der Waals surface area contributed by atoms with Gasteiger partial charge in [-0.25, -0.2) is 0 Å². The van der Waals surface area contributed by atoms with Gasteiger partial charge in [0, 0.05) is 24.2 Å². The van der Waals surface area contributed by atoms with Crippen LogP contribution in [0.1, 0.15) is 16.6 Å². The first-order valence-corrected chi connectivity index (χ1v) is 6.19. The van der Waals surface area contributed by atoms with Crippen LogP contribution in [-0.2, 0) is 5.75 Å². The predicted molar refractivity (Wildman–Crippen MR) is 66.0 cm³/mol. The van der Waals surface area contributed by atoms with Gasteiger partial charge in [-0.05, 0) is 29.8 Å². The molecular formula is C12H14N2OS. The third-order valence-corrected chi connectivity index (χ3v) is 3.62. The van der Waals surface area contributed by atoms with Gasteiger partial charge in [0.05, 0.1) is 12.0 Å². The van der Waals surface area contributed by atoms with Crippen LogP contribution >= 0.6 is 11.8 Å². The molecule has 0 aliphatic rings. The zero-order valence-electron chi connectivity index (χ0n) is 8.87. The maximum Gasteiger partial charge on any atom is 0.113 e. The Hall–Kier alpha value is -1.26. The first kappa shape index (κ1) is 11.2. The topological polar surface area (TPSA) is 52.0 Å². The van der Waals surface area contributed by atoms with Crippen molar-refractivity contribution < 1.29 is 4.42 Å². The van der Waals surface area contributed by atoms with E-state index < -0.39 is 0 Å². The lowest BCUT2D eigenvalue weighted by Gasteiger charge is -2.13. The van der Waals surface area contributed by atoms with Crippen LogP contribution in [0.5, 0.6) is 0 Å². The van der Waals surface area contributed by atoms with Crippen LogP contribution in [0.15, 0.2) is 47.3 Å². The van der Waals surface area contributed by atoms with Gasteiger partial charge in [0.1, 0.15) is 5.76 Å². The van der Waals surface area contributed by atoms with Crippen molar-refractivity contribution in [1.82, 2.24) is 4.98 Å². The lowest BCUT2D eigenvalue weighted by atomic mass is 10.2. The molecule has 0 saturated heterocycles. The Kier molecular flexibility index (Phi) is 4.02. The third-order valence-electron chi connectivity index (χ3n) is 2.30. The summed E-state index contributed by atoms with van der Waals surface area (Å²) >= 11 is 1.79. The maximum atomic E-state index is 5.77. The Morgan fingerprint density at radius 3 is 2.75 bits per heavy atom. The molecule has 1 unspecified atom stereocenters. The predicted octanol–water partition coefficient (Wildman–Crippen LogP) is 2.61. The molecule has 0 radical (unpaired) electrons. The fourth-order valence-electron chi connectivity index (χ4n) is 1.46. The zero-order chi connectivity index (χ0) is 11.2. The van der Waals surface area contributed by atoms with Crippen molar-refractivity contribution in [2.45, 2.75) is 11.0 Å². The minimum Gasteiger partial charge on any atom is -0.468 e. The van der Waals surface area contributed by atoms with Gasteiger partial charge >= 0.3 is 0 Å². The van der Waals surface area contributed by atoms with Gasteiger partial charge in [-0.1, -0.05) is 0 Å². The van der Waals surface area contributed by atoms with Crippen molar-refractivity contribution in [2.75, 3.05) is 6.54 Å². The van der Waals surface area contributed by atoms with E-state index in [9.17, 15) is 0 Å². The maximum absolute atomic E-state index is 5.77. The summed E-state index contributed by atoms with van der Waals surface area (Å²) in [6, 6.07) is 7.90. The van der Waals surface area contributed by atoms with Crippen LogP contribution in [0.3, 0.4) is 0 Å². The minimum atomic E-state index is 0.299. The minimum absolute atomic E-state index is 0.299. The Bertz CT molecular complexity index is 402. The summed E-state index contributed by atoms with van der Waals surface area (Å²) in [5, 5.41) is 0.299. The van der Waals surface area contributed by atoms with E-state index in [-0.39, 0.29) is 0 Å². The first-order valence-electron chi connectivity index (χ1n) is 5.14. The molecule has 84 valence electrons. The van der Waals surface area contributed by atoms with Gasteiger partial charge in [-0.3, -0.25) is 4.98 Å². The SMILES string of the molecule is NCC(SCc1ccco1)c1ccncc1. The largest absolute Gasteiger partial charge is 0.468 e. The number of hydrogen-bond donors (Lipinski definition) is 1.